The Bertz CT molecular complexity index is 597. The fraction of sp³-hybridized carbons (Fsp3) is 0.650. The van der Waals surface area contributed by atoms with Crippen molar-refractivity contribution in [1.29, 1.82) is 5.26 Å². The summed E-state index contributed by atoms with van der Waals surface area (Å²) in [7, 11) is 1.64. The summed E-state index contributed by atoms with van der Waals surface area (Å²) in [6, 6.07) is 8.59. The number of benzene rings is 1. The molecule has 0 aliphatic carbocycles. The molecule has 5 nitrogen and oxygen atoms in total. The van der Waals surface area contributed by atoms with Crippen molar-refractivity contribution in [1.82, 2.24) is 9.80 Å². The van der Waals surface area contributed by atoms with Gasteiger partial charge in [0.15, 0.2) is 11.5 Å². The molecule has 0 N–H and O–H groups in total. The monoisotopic (exact) mass is 345 g/mol. The van der Waals surface area contributed by atoms with E-state index >= 15 is 0 Å². The Morgan fingerprint density at radius 3 is 2.56 bits per heavy atom. The van der Waals surface area contributed by atoms with Crippen LogP contribution in [0.3, 0.4) is 0 Å². The van der Waals surface area contributed by atoms with Crippen molar-refractivity contribution in [3.8, 4) is 17.6 Å². The van der Waals surface area contributed by atoms with E-state index in [4.69, 9.17) is 9.47 Å². The number of piperazine rings is 1. The molecule has 0 spiro atoms. The van der Waals surface area contributed by atoms with Gasteiger partial charge in [-0.15, -0.1) is 0 Å². The van der Waals surface area contributed by atoms with Gasteiger partial charge in [0.2, 0.25) is 0 Å². The van der Waals surface area contributed by atoms with Gasteiger partial charge in [-0.25, -0.2) is 0 Å². The number of likely N-dealkylation sites (N-methyl/N-ethyl adjacent to an activating group) is 1. The van der Waals surface area contributed by atoms with Crippen molar-refractivity contribution in [2.45, 2.75) is 52.3 Å². The summed E-state index contributed by atoms with van der Waals surface area (Å²) >= 11 is 0. The Balaban J connectivity index is 2.24. The van der Waals surface area contributed by atoms with Gasteiger partial charge in [-0.1, -0.05) is 19.9 Å². The van der Waals surface area contributed by atoms with Crippen LogP contribution in [0.4, 0.5) is 0 Å². The molecule has 0 amide bonds. The third kappa shape index (κ3) is 4.65. The summed E-state index contributed by atoms with van der Waals surface area (Å²) in [6.07, 6.45) is 1.16. The molecule has 1 fully saturated rings. The Hall–Kier alpha value is -1.77. The zero-order valence-corrected chi connectivity index (χ0v) is 16.2. The second kappa shape index (κ2) is 9.07. The third-order valence-corrected chi connectivity index (χ3v) is 4.87. The second-order valence-corrected chi connectivity index (χ2v) is 6.79. The van der Waals surface area contributed by atoms with E-state index in [1.165, 1.54) is 0 Å². The zero-order valence-electron chi connectivity index (χ0n) is 16.2. The fourth-order valence-corrected chi connectivity index (χ4v) is 3.53. The maximum Gasteiger partial charge on any atom is 0.161 e. The van der Waals surface area contributed by atoms with Crippen molar-refractivity contribution >= 4 is 0 Å². The van der Waals surface area contributed by atoms with Gasteiger partial charge in [0, 0.05) is 25.7 Å². The van der Waals surface area contributed by atoms with Gasteiger partial charge >= 0.3 is 0 Å². The zero-order chi connectivity index (χ0) is 18.4. The van der Waals surface area contributed by atoms with Crippen LogP contribution >= 0.6 is 0 Å². The quantitative estimate of drug-likeness (QED) is 0.757. The van der Waals surface area contributed by atoms with Crippen LogP contribution in [0.2, 0.25) is 0 Å². The maximum atomic E-state index is 9.84. The summed E-state index contributed by atoms with van der Waals surface area (Å²) in [4.78, 5) is 4.80. The molecule has 25 heavy (non-hydrogen) atoms. The number of nitriles is 1. The van der Waals surface area contributed by atoms with Crippen molar-refractivity contribution in [2.24, 2.45) is 0 Å². The lowest BCUT2D eigenvalue weighted by Crippen LogP contribution is -2.53. The standard InChI is InChI=1S/C20H31N3O2/c1-6-17-14-23(11-10-22(17)7-2)18(13-21)16-8-9-19(24-5)20(12-16)25-15(3)4/h8-9,12,15,17-18H,6-7,10-11,14H2,1-5H3. The third-order valence-electron chi connectivity index (χ3n) is 4.87. The van der Waals surface area contributed by atoms with E-state index in [1.54, 1.807) is 7.11 Å². The number of ether oxygens (including phenoxy) is 2. The molecule has 0 aromatic heterocycles. The smallest absolute Gasteiger partial charge is 0.161 e. The Morgan fingerprint density at radius 1 is 1.24 bits per heavy atom. The molecule has 5 heteroatoms. The lowest BCUT2D eigenvalue weighted by atomic mass is 10.0. The van der Waals surface area contributed by atoms with Crippen LogP contribution in [0.25, 0.3) is 0 Å². The minimum absolute atomic E-state index is 0.0576. The van der Waals surface area contributed by atoms with E-state index in [2.05, 4.69) is 29.7 Å². The lowest BCUT2D eigenvalue weighted by molar-refractivity contribution is 0.0622. The number of hydrogen-bond donors (Lipinski definition) is 0. The molecule has 0 saturated carbocycles. The SMILES string of the molecule is CCC1CN(C(C#N)c2ccc(OC)c(OC(C)C)c2)CCN1CC. The molecule has 0 bridgehead atoms. The minimum atomic E-state index is -0.256. The Morgan fingerprint density at radius 2 is 2.00 bits per heavy atom. The molecule has 1 aromatic carbocycles. The van der Waals surface area contributed by atoms with Gasteiger partial charge < -0.3 is 9.47 Å². The molecule has 1 saturated heterocycles. The molecule has 2 unspecified atom stereocenters. The van der Waals surface area contributed by atoms with Gasteiger partial charge in [0.1, 0.15) is 6.04 Å². The molecule has 2 atom stereocenters. The van der Waals surface area contributed by atoms with Gasteiger partial charge in [0.25, 0.3) is 0 Å². The normalized spacial score (nSPS) is 20.3. The van der Waals surface area contributed by atoms with Gasteiger partial charge in [-0.2, -0.15) is 5.26 Å². The second-order valence-electron chi connectivity index (χ2n) is 6.79. The molecule has 1 heterocycles. The van der Waals surface area contributed by atoms with E-state index in [-0.39, 0.29) is 12.1 Å². The molecule has 1 aromatic rings. The van der Waals surface area contributed by atoms with E-state index in [0.29, 0.717) is 17.5 Å². The average Bonchev–Trinajstić information content (AvgIpc) is 2.62. The molecule has 138 valence electrons. The average molecular weight is 345 g/mol. The predicted molar refractivity (Wildman–Crippen MR) is 100 cm³/mol. The van der Waals surface area contributed by atoms with Crippen molar-refractivity contribution < 1.29 is 9.47 Å². The first-order chi connectivity index (χ1) is 12.0. The van der Waals surface area contributed by atoms with E-state index in [0.717, 1.165) is 38.2 Å². The molecule has 1 aliphatic heterocycles. The number of hydrogen-bond acceptors (Lipinski definition) is 5. The van der Waals surface area contributed by atoms with Crippen LogP contribution in [0, 0.1) is 11.3 Å². The first-order valence-corrected chi connectivity index (χ1v) is 9.26. The van der Waals surface area contributed by atoms with Crippen LogP contribution in [-0.4, -0.2) is 55.2 Å². The number of methoxy groups -OCH3 is 1. The Labute approximate surface area is 152 Å². The summed E-state index contributed by atoms with van der Waals surface area (Å²) in [6.45, 7) is 12.3. The van der Waals surface area contributed by atoms with Crippen LogP contribution in [0.5, 0.6) is 11.5 Å². The number of nitrogens with zero attached hydrogens (tertiary/aromatic N) is 3. The van der Waals surface area contributed by atoms with Crippen molar-refractivity contribution in [3.63, 3.8) is 0 Å². The van der Waals surface area contributed by atoms with Crippen molar-refractivity contribution in [3.05, 3.63) is 23.8 Å². The van der Waals surface area contributed by atoms with Crippen LogP contribution in [0.15, 0.2) is 18.2 Å². The summed E-state index contributed by atoms with van der Waals surface area (Å²) in [5.41, 5.74) is 0.971. The first kappa shape index (κ1) is 19.6. The summed E-state index contributed by atoms with van der Waals surface area (Å²) in [5.74, 6) is 1.41. The first-order valence-electron chi connectivity index (χ1n) is 9.26. The molecular weight excluding hydrogens is 314 g/mol. The fourth-order valence-electron chi connectivity index (χ4n) is 3.53. The van der Waals surface area contributed by atoms with Gasteiger partial charge in [-0.3, -0.25) is 9.80 Å². The van der Waals surface area contributed by atoms with Crippen LogP contribution in [-0.2, 0) is 0 Å². The van der Waals surface area contributed by atoms with Crippen LogP contribution in [0.1, 0.15) is 45.7 Å². The van der Waals surface area contributed by atoms with Gasteiger partial charge in [0.05, 0.1) is 19.3 Å². The molecule has 0 radical (unpaired) electrons. The van der Waals surface area contributed by atoms with E-state index < -0.39 is 0 Å². The maximum absolute atomic E-state index is 9.84. The lowest BCUT2D eigenvalue weighted by Gasteiger charge is -2.42. The van der Waals surface area contributed by atoms with Crippen molar-refractivity contribution in [2.75, 3.05) is 33.3 Å². The van der Waals surface area contributed by atoms with Crippen LogP contribution < -0.4 is 9.47 Å². The summed E-state index contributed by atoms with van der Waals surface area (Å²) < 4.78 is 11.3. The predicted octanol–water partition coefficient (Wildman–Crippen LogP) is 3.46. The van der Waals surface area contributed by atoms with E-state index in [9.17, 15) is 5.26 Å². The highest BCUT2D eigenvalue weighted by Crippen LogP contribution is 2.33. The highest BCUT2D eigenvalue weighted by Gasteiger charge is 2.30. The molecule has 2 rings (SSSR count). The van der Waals surface area contributed by atoms with E-state index in [1.807, 2.05) is 32.0 Å². The highest BCUT2D eigenvalue weighted by molar-refractivity contribution is 5.45. The molecular formula is C20H31N3O2. The Kier molecular flexibility index (Phi) is 7.10. The highest BCUT2D eigenvalue weighted by atomic mass is 16.5. The molecule has 1 aliphatic rings. The topological polar surface area (TPSA) is 48.7 Å². The van der Waals surface area contributed by atoms with Gasteiger partial charge in [-0.05, 0) is 44.5 Å². The largest absolute Gasteiger partial charge is 0.493 e. The minimum Gasteiger partial charge on any atom is -0.493 e. The summed E-state index contributed by atoms with van der Waals surface area (Å²) in [5, 5.41) is 9.84. The number of rotatable bonds is 7.